The fraction of sp³-hybridized carbons (Fsp3) is 0.176. The van der Waals surface area contributed by atoms with Crippen LogP contribution in [0.4, 0.5) is 8.78 Å². The van der Waals surface area contributed by atoms with E-state index in [1.165, 1.54) is 0 Å². The number of amides is 1. The van der Waals surface area contributed by atoms with Gasteiger partial charge in [0.05, 0.1) is 6.42 Å². The lowest BCUT2D eigenvalue weighted by molar-refractivity contribution is -0.141. The van der Waals surface area contributed by atoms with Crippen molar-refractivity contribution in [3.05, 3.63) is 69.7 Å². The summed E-state index contributed by atoms with van der Waals surface area (Å²) >= 11 is 3.28. The van der Waals surface area contributed by atoms with Crippen LogP contribution in [0.15, 0.2) is 46.9 Å². The Hall–Kier alpha value is -2.28. The minimum Gasteiger partial charge on any atom is -0.480 e. The number of nitrogens with one attached hydrogen (secondary N) is 1. The molecule has 2 rings (SSSR count). The molecule has 0 radical (unpaired) electrons. The molecule has 0 saturated heterocycles. The highest BCUT2D eigenvalue weighted by Crippen LogP contribution is 2.13. The number of carboxylic acid groups (broad SMARTS) is 1. The predicted molar refractivity (Wildman–Crippen MR) is 87.5 cm³/mol. The Bertz CT molecular complexity index is 750. The number of halogens is 3. The lowest BCUT2D eigenvalue weighted by Crippen LogP contribution is -2.43. The first-order valence-corrected chi connectivity index (χ1v) is 7.85. The zero-order chi connectivity index (χ0) is 17.7. The topological polar surface area (TPSA) is 66.4 Å². The smallest absolute Gasteiger partial charge is 0.326 e. The van der Waals surface area contributed by atoms with Gasteiger partial charge in [0.2, 0.25) is 5.91 Å². The summed E-state index contributed by atoms with van der Waals surface area (Å²) in [5.74, 6) is -3.42. The Labute approximate surface area is 145 Å². The van der Waals surface area contributed by atoms with Crippen molar-refractivity contribution in [2.24, 2.45) is 0 Å². The van der Waals surface area contributed by atoms with E-state index in [0.29, 0.717) is 6.07 Å². The highest BCUT2D eigenvalue weighted by atomic mass is 79.9. The van der Waals surface area contributed by atoms with E-state index >= 15 is 0 Å². The van der Waals surface area contributed by atoms with E-state index in [4.69, 9.17) is 0 Å². The summed E-state index contributed by atoms with van der Waals surface area (Å²) in [5, 5.41) is 11.6. The molecule has 1 atom stereocenters. The minimum absolute atomic E-state index is 0.00156. The van der Waals surface area contributed by atoms with Gasteiger partial charge in [0.1, 0.15) is 17.7 Å². The van der Waals surface area contributed by atoms with Gasteiger partial charge in [-0.3, -0.25) is 4.79 Å². The van der Waals surface area contributed by atoms with Crippen LogP contribution in [-0.2, 0) is 22.4 Å². The van der Waals surface area contributed by atoms with E-state index in [-0.39, 0.29) is 18.4 Å². The summed E-state index contributed by atoms with van der Waals surface area (Å²) in [4.78, 5) is 23.3. The van der Waals surface area contributed by atoms with E-state index in [1.807, 2.05) is 0 Å². The van der Waals surface area contributed by atoms with Crippen LogP contribution in [0.2, 0.25) is 0 Å². The molecule has 7 heteroatoms. The normalized spacial score (nSPS) is 11.8. The fourth-order valence-corrected chi connectivity index (χ4v) is 2.40. The molecule has 0 spiro atoms. The van der Waals surface area contributed by atoms with Crippen molar-refractivity contribution in [3.8, 4) is 0 Å². The maximum absolute atomic E-state index is 13.6. The molecule has 24 heavy (non-hydrogen) atoms. The molecule has 126 valence electrons. The number of aliphatic carboxylic acids is 1. The van der Waals surface area contributed by atoms with E-state index in [0.717, 1.165) is 22.2 Å². The Kier molecular flexibility index (Phi) is 6.03. The molecule has 2 N–H and O–H groups in total. The zero-order valence-corrected chi connectivity index (χ0v) is 14.0. The van der Waals surface area contributed by atoms with Crippen molar-refractivity contribution in [1.82, 2.24) is 5.32 Å². The summed E-state index contributed by atoms with van der Waals surface area (Å²) in [6, 6.07) is 8.77. The van der Waals surface area contributed by atoms with Gasteiger partial charge in [-0.05, 0) is 29.3 Å². The first kappa shape index (κ1) is 18.1. The molecule has 0 aliphatic rings. The standard InChI is InChI=1S/C17H14BrF2NO3/c18-12-4-1-10(2-5-12)7-15(17(23)24)21-16(22)8-11-3-6-13(19)9-14(11)20/h1-6,9,15H,7-8H2,(H,21,22)(H,23,24)/t15-/m1/s1. The molecule has 0 heterocycles. The van der Waals surface area contributed by atoms with Crippen LogP contribution in [0.3, 0.4) is 0 Å². The van der Waals surface area contributed by atoms with Crippen LogP contribution in [0, 0.1) is 11.6 Å². The maximum atomic E-state index is 13.6. The maximum Gasteiger partial charge on any atom is 0.326 e. The average Bonchev–Trinajstić information content (AvgIpc) is 2.51. The van der Waals surface area contributed by atoms with Crippen LogP contribution >= 0.6 is 15.9 Å². The Morgan fingerprint density at radius 1 is 1.12 bits per heavy atom. The largest absolute Gasteiger partial charge is 0.480 e. The summed E-state index contributed by atoms with van der Waals surface area (Å²) in [6.45, 7) is 0. The molecule has 1 amide bonds. The van der Waals surface area contributed by atoms with E-state index in [9.17, 15) is 23.5 Å². The van der Waals surface area contributed by atoms with Crippen LogP contribution in [0.25, 0.3) is 0 Å². The number of carbonyl (C=O) groups excluding carboxylic acids is 1. The molecule has 0 unspecified atom stereocenters. The summed E-state index contributed by atoms with van der Waals surface area (Å²) < 4.78 is 27.3. The highest BCUT2D eigenvalue weighted by Gasteiger charge is 2.21. The van der Waals surface area contributed by atoms with Crippen LogP contribution in [0.5, 0.6) is 0 Å². The Morgan fingerprint density at radius 3 is 2.38 bits per heavy atom. The molecule has 4 nitrogen and oxygen atoms in total. The molecular weight excluding hydrogens is 384 g/mol. The molecule has 0 fully saturated rings. The number of carbonyl (C=O) groups is 2. The lowest BCUT2D eigenvalue weighted by atomic mass is 10.1. The molecule has 2 aromatic rings. The molecule has 0 aliphatic carbocycles. The minimum atomic E-state index is -1.19. The van der Waals surface area contributed by atoms with Crippen molar-refractivity contribution >= 4 is 27.8 Å². The first-order valence-electron chi connectivity index (χ1n) is 7.05. The summed E-state index contributed by atoms with van der Waals surface area (Å²) in [5.41, 5.74) is 0.737. The summed E-state index contributed by atoms with van der Waals surface area (Å²) in [6.07, 6.45) is -0.267. The van der Waals surface area contributed by atoms with E-state index in [1.54, 1.807) is 24.3 Å². The van der Waals surface area contributed by atoms with Gasteiger partial charge in [-0.25, -0.2) is 13.6 Å². The predicted octanol–water partition coefficient (Wildman–Crippen LogP) is 3.08. The lowest BCUT2D eigenvalue weighted by Gasteiger charge is -2.15. The van der Waals surface area contributed by atoms with Gasteiger partial charge in [-0.2, -0.15) is 0 Å². The van der Waals surface area contributed by atoms with Gasteiger partial charge >= 0.3 is 5.97 Å². The van der Waals surface area contributed by atoms with Crippen molar-refractivity contribution in [2.75, 3.05) is 0 Å². The number of benzene rings is 2. The third-order valence-corrected chi connectivity index (χ3v) is 3.88. The van der Waals surface area contributed by atoms with Gasteiger partial charge < -0.3 is 10.4 Å². The Balaban J connectivity index is 2.02. The number of carboxylic acids is 1. The van der Waals surface area contributed by atoms with Crippen LogP contribution in [-0.4, -0.2) is 23.0 Å². The van der Waals surface area contributed by atoms with Gasteiger partial charge in [-0.1, -0.05) is 34.1 Å². The van der Waals surface area contributed by atoms with Crippen LogP contribution in [0.1, 0.15) is 11.1 Å². The van der Waals surface area contributed by atoms with Gasteiger partial charge in [0, 0.05) is 17.0 Å². The highest BCUT2D eigenvalue weighted by molar-refractivity contribution is 9.10. The SMILES string of the molecule is O=C(Cc1ccc(F)cc1F)N[C@H](Cc1ccc(Br)cc1)C(=O)O. The Morgan fingerprint density at radius 2 is 1.79 bits per heavy atom. The third kappa shape index (κ3) is 5.13. The monoisotopic (exact) mass is 397 g/mol. The zero-order valence-electron chi connectivity index (χ0n) is 12.4. The van der Waals surface area contributed by atoms with Gasteiger partial charge in [-0.15, -0.1) is 0 Å². The van der Waals surface area contributed by atoms with Gasteiger partial charge in [0.15, 0.2) is 0 Å². The molecule has 0 saturated carbocycles. The molecule has 0 aliphatic heterocycles. The fourth-order valence-electron chi connectivity index (χ4n) is 2.14. The second-order valence-electron chi connectivity index (χ2n) is 5.20. The molecule has 2 aromatic carbocycles. The number of rotatable bonds is 6. The third-order valence-electron chi connectivity index (χ3n) is 3.35. The number of hydrogen-bond donors (Lipinski definition) is 2. The summed E-state index contributed by atoms with van der Waals surface area (Å²) in [7, 11) is 0. The van der Waals surface area contributed by atoms with Crippen molar-refractivity contribution in [1.29, 1.82) is 0 Å². The van der Waals surface area contributed by atoms with E-state index < -0.39 is 29.6 Å². The van der Waals surface area contributed by atoms with Crippen molar-refractivity contribution in [2.45, 2.75) is 18.9 Å². The second-order valence-corrected chi connectivity index (χ2v) is 6.12. The molecule has 0 bridgehead atoms. The van der Waals surface area contributed by atoms with E-state index in [2.05, 4.69) is 21.2 Å². The van der Waals surface area contributed by atoms with Crippen molar-refractivity contribution in [3.63, 3.8) is 0 Å². The second kappa shape index (κ2) is 8.01. The first-order chi connectivity index (χ1) is 11.3. The molecular formula is C17H14BrF2NO3. The van der Waals surface area contributed by atoms with Crippen LogP contribution < -0.4 is 5.32 Å². The quantitative estimate of drug-likeness (QED) is 0.786. The van der Waals surface area contributed by atoms with Crippen molar-refractivity contribution < 1.29 is 23.5 Å². The number of hydrogen-bond acceptors (Lipinski definition) is 2. The molecule has 0 aromatic heterocycles. The van der Waals surface area contributed by atoms with Gasteiger partial charge in [0.25, 0.3) is 0 Å². The average molecular weight is 398 g/mol.